The molecule has 0 radical (unpaired) electrons. The van der Waals surface area contributed by atoms with Crippen LogP contribution in [0.3, 0.4) is 0 Å². The summed E-state index contributed by atoms with van der Waals surface area (Å²) in [6.45, 7) is 8.68. The second-order valence-corrected chi connectivity index (χ2v) is 8.74. The van der Waals surface area contributed by atoms with Gasteiger partial charge in [0.25, 0.3) is 0 Å². The molecule has 2 aliphatic rings. The summed E-state index contributed by atoms with van der Waals surface area (Å²) in [5, 5.41) is 10.8. The number of hydrogen-bond donors (Lipinski definition) is 3. The highest BCUT2D eigenvalue weighted by Crippen LogP contribution is 2.26. The van der Waals surface area contributed by atoms with Gasteiger partial charge < -0.3 is 30.3 Å². The fraction of sp³-hybridized carbons (Fsp3) is 0.667. The zero-order chi connectivity index (χ0) is 22.8. The SMILES string of the molecule is CCNC(=NCC1(NC(C)c2ccccc2)CCOCC1)NC1CCN(C(=O)OC)CC1.I. The van der Waals surface area contributed by atoms with Crippen molar-refractivity contribution in [2.75, 3.05) is 46.5 Å². The van der Waals surface area contributed by atoms with E-state index in [1.54, 1.807) is 4.90 Å². The highest BCUT2D eigenvalue weighted by Gasteiger charge is 2.34. The van der Waals surface area contributed by atoms with E-state index in [0.29, 0.717) is 19.6 Å². The molecule has 3 rings (SSSR count). The number of methoxy groups -OCH3 is 1. The minimum Gasteiger partial charge on any atom is -0.453 e. The third-order valence-corrected chi connectivity index (χ3v) is 6.42. The lowest BCUT2D eigenvalue weighted by Gasteiger charge is -2.39. The zero-order valence-corrected chi connectivity index (χ0v) is 22.5. The van der Waals surface area contributed by atoms with Crippen LogP contribution in [0, 0.1) is 0 Å². The van der Waals surface area contributed by atoms with Crippen LogP contribution in [0.15, 0.2) is 35.3 Å². The van der Waals surface area contributed by atoms with E-state index >= 15 is 0 Å². The van der Waals surface area contributed by atoms with Crippen molar-refractivity contribution < 1.29 is 14.3 Å². The fourth-order valence-electron chi connectivity index (χ4n) is 4.47. The molecule has 0 spiro atoms. The average Bonchev–Trinajstić information content (AvgIpc) is 2.84. The molecule has 2 saturated heterocycles. The lowest BCUT2D eigenvalue weighted by Crippen LogP contribution is -2.54. The molecular formula is C24H40IN5O3. The second-order valence-electron chi connectivity index (χ2n) is 8.74. The summed E-state index contributed by atoms with van der Waals surface area (Å²) in [4.78, 5) is 18.5. The van der Waals surface area contributed by atoms with Crippen molar-refractivity contribution in [3.63, 3.8) is 0 Å². The Morgan fingerprint density at radius 1 is 1.24 bits per heavy atom. The monoisotopic (exact) mass is 573 g/mol. The predicted octanol–water partition coefficient (Wildman–Crippen LogP) is 3.29. The molecule has 1 unspecified atom stereocenters. The number of amides is 1. The third-order valence-electron chi connectivity index (χ3n) is 6.42. The van der Waals surface area contributed by atoms with E-state index in [2.05, 4.69) is 60.1 Å². The van der Waals surface area contributed by atoms with Crippen LogP contribution in [0.5, 0.6) is 0 Å². The minimum atomic E-state index is -0.246. The molecule has 1 aromatic rings. The lowest BCUT2D eigenvalue weighted by molar-refractivity contribution is 0.0374. The summed E-state index contributed by atoms with van der Waals surface area (Å²) in [5.74, 6) is 0.837. The highest BCUT2D eigenvalue weighted by molar-refractivity contribution is 14.0. The molecule has 2 aliphatic heterocycles. The normalized spacial score (nSPS) is 19.8. The Morgan fingerprint density at radius 2 is 1.91 bits per heavy atom. The number of halogens is 1. The van der Waals surface area contributed by atoms with Crippen molar-refractivity contribution in [2.45, 2.75) is 57.2 Å². The summed E-state index contributed by atoms with van der Waals surface area (Å²) in [5.41, 5.74) is 1.19. The van der Waals surface area contributed by atoms with E-state index < -0.39 is 0 Å². The van der Waals surface area contributed by atoms with Gasteiger partial charge in [0.05, 0.1) is 13.7 Å². The number of benzene rings is 1. The molecule has 186 valence electrons. The van der Waals surface area contributed by atoms with Crippen LogP contribution in [-0.4, -0.2) is 75.0 Å². The molecule has 0 aromatic heterocycles. The van der Waals surface area contributed by atoms with Crippen LogP contribution in [-0.2, 0) is 9.47 Å². The van der Waals surface area contributed by atoms with Gasteiger partial charge in [0, 0.05) is 50.5 Å². The largest absolute Gasteiger partial charge is 0.453 e. The van der Waals surface area contributed by atoms with Crippen LogP contribution < -0.4 is 16.0 Å². The molecule has 3 N–H and O–H groups in total. The molecule has 1 amide bonds. The van der Waals surface area contributed by atoms with Gasteiger partial charge in [0.2, 0.25) is 0 Å². The predicted molar refractivity (Wildman–Crippen MR) is 142 cm³/mol. The number of hydrogen-bond acceptors (Lipinski definition) is 5. The van der Waals surface area contributed by atoms with E-state index in [9.17, 15) is 4.79 Å². The Balaban J connectivity index is 0.00000385. The fourth-order valence-corrected chi connectivity index (χ4v) is 4.47. The molecule has 1 aromatic carbocycles. The standard InChI is InChI=1S/C24H39N5O3.HI/c1-4-25-22(27-21-10-14-29(15-11-21)23(30)31-3)26-18-24(12-16-32-17-13-24)28-19(2)20-8-6-5-7-9-20;/h5-9,19,21,28H,4,10-18H2,1-3H3,(H2,25,26,27);1H. The number of ether oxygens (including phenoxy) is 2. The van der Waals surface area contributed by atoms with Crippen molar-refractivity contribution in [2.24, 2.45) is 4.99 Å². The van der Waals surface area contributed by atoms with Crippen LogP contribution >= 0.6 is 24.0 Å². The number of nitrogens with one attached hydrogen (secondary N) is 3. The summed E-state index contributed by atoms with van der Waals surface area (Å²) in [6, 6.07) is 11.1. The van der Waals surface area contributed by atoms with Gasteiger partial charge in [0.15, 0.2) is 5.96 Å². The Bertz CT molecular complexity index is 735. The van der Waals surface area contributed by atoms with Crippen molar-refractivity contribution in [3.8, 4) is 0 Å². The maximum atomic E-state index is 11.7. The van der Waals surface area contributed by atoms with E-state index in [0.717, 1.165) is 51.4 Å². The number of likely N-dealkylation sites (tertiary alicyclic amines) is 1. The number of aliphatic imine (C=N–C) groups is 1. The number of guanidine groups is 1. The van der Waals surface area contributed by atoms with Gasteiger partial charge in [-0.15, -0.1) is 24.0 Å². The highest BCUT2D eigenvalue weighted by atomic mass is 127. The zero-order valence-electron chi connectivity index (χ0n) is 20.1. The Hall–Kier alpha value is -1.59. The average molecular weight is 574 g/mol. The van der Waals surface area contributed by atoms with Gasteiger partial charge in [-0.2, -0.15) is 0 Å². The first-order valence-electron chi connectivity index (χ1n) is 11.8. The van der Waals surface area contributed by atoms with E-state index in [1.807, 2.05) is 0 Å². The minimum absolute atomic E-state index is 0. The van der Waals surface area contributed by atoms with E-state index in [-0.39, 0.29) is 47.7 Å². The molecular weight excluding hydrogens is 533 g/mol. The van der Waals surface area contributed by atoms with Crippen molar-refractivity contribution in [1.82, 2.24) is 20.9 Å². The Labute approximate surface area is 215 Å². The molecule has 2 heterocycles. The molecule has 1 atom stereocenters. The summed E-state index contributed by atoms with van der Waals surface area (Å²) < 4.78 is 10.5. The quantitative estimate of drug-likeness (QED) is 0.264. The summed E-state index contributed by atoms with van der Waals surface area (Å²) in [7, 11) is 1.43. The number of carbonyl (C=O) groups excluding carboxylic acids is 1. The number of rotatable bonds is 7. The smallest absolute Gasteiger partial charge is 0.409 e. The maximum absolute atomic E-state index is 11.7. The molecule has 0 saturated carbocycles. The lowest BCUT2D eigenvalue weighted by atomic mass is 9.88. The number of carbonyl (C=O) groups is 1. The maximum Gasteiger partial charge on any atom is 0.409 e. The third kappa shape index (κ3) is 8.29. The Morgan fingerprint density at radius 3 is 2.52 bits per heavy atom. The van der Waals surface area contributed by atoms with Crippen molar-refractivity contribution in [1.29, 1.82) is 0 Å². The molecule has 0 aliphatic carbocycles. The van der Waals surface area contributed by atoms with Crippen molar-refractivity contribution in [3.05, 3.63) is 35.9 Å². The first-order valence-corrected chi connectivity index (χ1v) is 11.8. The van der Waals surface area contributed by atoms with Crippen LogP contribution in [0.1, 0.15) is 51.1 Å². The summed E-state index contributed by atoms with van der Waals surface area (Å²) >= 11 is 0. The van der Waals surface area contributed by atoms with Crippen LogP contribution in [0.25, 0.3) is 0 Å². The number of piperidine rings is 1. The van der Waals surface area contributed by atoms with Gasteiger partial charge in [-0.3, -0.25) is 4.99 Å². The van der Waals surface area contributed by atoms with Gasteiger partial charge >= 0.3 is 6.09 Å². The molecule has 0 bridgehead atoms. The van der Waals surface area contributed by atoms with Crippen molar-refractivity contribution >= 4 is 36.0 Å². The molecule has 9 heteroatoms. The van der Waals surface area contributed by atoms with E-state index in [1.165, 1.54) is 12.7 Å². The Kier molecular flexibility index (Phi) is 11.7. The molecule has 33 heavy (non-hydrogen) atoms. The van der Waals surface area contributed by atoms with Gasteiger partial charge in [-0.25, -0.2) is 4.79 Å². The van der Waals surface area contributed by atoms with Gasteiger partial charge in [-0.05, 0) is 45.1 Å². The molecule has 8 nitrogen and oxygen atoms in total. The topological polar surface area (TPSA) is 87.2 Å². The number of nitrogens with zero attached hydrogens (tertiary/aromatic N) is 2. The summed E-state index contributed by atoms with van der Waals surface area (Å²) in [6.07, 6.45) is 3.38. The van der Waals surface area contributed by atoms with Crippen LogP contribution in [0.4, 0.5) is 4.79 Å². The second kappa shape index (κ2) is 14.0. The first kappa shape index (κ1) is 27.7. The van der Waals surface area contributed by atoms with Gasteiger partial charge in [0.1, 0.15) is 0 Å². The van der Waals surface area contributed by atoms with Crippen LogP contribution in [0.2, 0.25) is 0 Å². The van der Waals surface area contributed by atoms with Gasteiger partial charge in [-0.1, -0.05) is 30.3 Å². The first-order chi connectivity index (χ1) is 15.5. The van der Waals surface area contributed by atoms with E-state index in [4.69, 9.17) is 14.5 Å². The molecule has 2 fully saturated rings.